The number of halogens is 1. The summed E-state index contributed by atoms with van der Waals surface area (Å²) in [7, 11) is 1.74. The monoisotopic (exact) mass is 197 g/mol. The van der Waals surface area contributed by atoms with E-state index in [0.717, 1.165) is 0 Å². The molecule has 1 saturated heterocycles. The first-order valence-electron chi connectivity index (χ1n) is 4.51. The Labute approximate surface area is 81.8 Å². The van der Waals surface area contributed by atoms with Crippen molar-refractivity contribution in [3.05, 3.63) is 24.0 Å². The minimum atomic E-state index is -0.272. The van der Waals surface area contributed by atoms with Gasteiger partial charge in [0.15, 0.2) is 0 Å². The first-order valence-corrected chi connectivity index (χ1v) is 4.51. The number of nitrogens with one attached hydrogen (secondary N) is 1. The van der Waals surface area contributed by atoms with Crippen LogP contribution < -0.4 is 10.1 Å². The first kappa shape index (κ1) is 9.27. The van der Waals surface area contributed by atoms with Crippen LogP contribution in [0, 0.1) is 5.82 Å². The molecule has 0 unspecified atom stereocenters. The number of benzene rings is 1. The molecular weight excluding hydrogens is 185 g/mol. The zero-order valence-electron chi connectivity index (χ0n) is 7.92. The van der Waals surface area contributed by atoms with Crippen LogP contribution in [0.3, 0.4) is 0 Å². The molecule has 0 aliphatic carbocycles. The summed E-state index contributed by atoms with van der Waals surface area (Å²) in [6, 6.07) is 4.42. The second-order valence-electron chi connectivity index (χ2n) is 3.17. The van der Waals surface area contributed by atoms with Crippen LogP contribution in [0.5, 0.6) is 5.75 Å². The van der Waals surface area contributed by atoms with Crippen molar-refractivity contribution in [2.45, 2.75) is 6.10 Å². The Bertz CT molecular complexity index is 326. The van der Waals surface area contributed by atoms with Gasteiger partial charge in [0.2, 0.25) is 0 Å². The Morgan fingerprint density at radius 1 is 1.50 bits per heavy atom. The van der Waals surface area contributed by atoms with Gasteiger partial charge in [-0.05, 0) is 12.1 Å². The second-order valence-corrected chi connectivity index (χ2v) is 3.17. The number of rotatable bonds is 3. The van der Waals surface area contributed by atoms with Gasteiger partial charge < -0.3 is 14.8 Å². The molecule has 0 aromatic heterocycles. The SMILES string of the molecule is CNc1cc(F)ccc1OC1COC1. The topological polar surface area (TPSA) is 30.5 Å². The summed E-state index contributed by atoms with van der Waals surface area (Å²) in [5.41, 5.74) is 0.664. The van der Waals surface area contributed by atoms with E-state index in [9.17, 15) is 4.39 Å². The highest BCUT2D eigenvalue weighted by Gasteiger charge is 2.21. The maximum absolute atomic E-state index is 12.8. The van der Waals surface area contributed by atoms with Crippen LogP contribution in [0.4, 0.5) is 10.1 Å². The van der Waals surface area contributed by atoms with E-state index < -0.39 is 0 Å². The maximum Gasteiger partial charge on any atom is 0.145 e. The highest BCUT2D eigenvalue weighted by atomic mass is 19.1. The fraction of sp³-hybridized carbons (Fsp3) is 0.400. The normalized spacial score (nSPS) is 16.1. The average molecular weight is 197 g/mol. The molecule has 1 aromatic carbocycles. The Morgan fingerprint density at radius 2 is 2.29 bits per heavy atom. The van der Waals surface area contributed by atoms with Crippen molar-refractivity contribution in [1.82, 2.24) is 0 Å². The molecule has 0 radical (unpaired) electrons. The number of anilines is 1. The molecular formula is C10H12FNO2. The smallest absolute Gasteiger partial charge is 0.145 e. The summed E-state index contributed by atoms with van der Waals surface area (Å²) in [6.45, 7) is 1.22. The molecule has 0 saturated carbocycles. The molecule has 1 heterocycles. The summed E-state index contributed by atoms with van der Waals surface area (Å²) in [5.74, 6) is 0.397. The predicted octanol–water partition coefficient (Wildman–Crippen LogP) is 1.64. The Balaban J connectivity index is 2.14. The predicted molar refractivity (Wildman–Crippen MR) is 51.2 cm³/mol. The van der Waals surface area contributed by atoms with Crippen molar-refractivity contribution in [3.63, 3.8) is 0 Å². The van der Waals surface area contributed by atoms with Gasteiger partial charge in [0.05, 0.1) is 18.9 Å². The fourth-order valence-electron chi connectivity index (χ4n) is 1.26. The lowest BCUT2D eigenvalue weighted by Gasteiger charge is -2.27. The van der Waals surface area contributed by atoms with E-state index in [0.29, 0.717) is 24.7 Å². The number of hydrogen-bond donors (Lipinski definition) is 1. The van der Waals surface area contributed by atoms with E-state index in [-0.39, 0.29) is 11.9 Å². The molecule has 0 spiro atoms. The van der Waals surface area contributed by atoms with Crippen molar-refractivity contribution < 1.29 is 13.9 Å². The number of ether oxygens (including phenoxy) is 2. The van der Waals surface area contributed by atoms with Gasteiger partial charge in [-0.3, -0.25) is 0 Å². The highest BCUT2D eigenvalue weighted by molar-refractivity contribution is 5.56. The highest BCUT2D eigenvalue weighted by Crippen LogP contribution is 2.26. The summed E-state index contributed by atoms with van der Waals surface area (Å²) < 4.78 is 23.4. The van der Waals surface area contributed by atoms with E-state index in [1.807, 2.05) is 0 Å². The van der Waals surface area contributed by atoms with Gasteiger partial charge in [0.1, 0.15) is 17.7 Å². The van der Waals surface area contributed by atoms with Gasteiger partial charge in [-0.25, -0.2) is 4.39 Å². The third kappa shape index (κ3) is 1.80. The van der Waals surface area contributed by atoms with Gasteiger partial charge in [-0.2, -0.15) is 0 Å². The summed E-state index contributed by atoms with van der Waals surface area (Å²) in [5, 5.41) is 2.88. The maximum atomic E-state index is 12.8. The van der Waals surface area contributed by atoms with Gasteiger partial charge in [-0.1, -0.05) is 0 Å². The van der Waals surface area contributed by atoms with E-state index in [1.165, 1.54) is 12.1 Å². The molecule has 3 nitrogen and oxygen atoms in total. The first-order chi connectivity index (χ1) is 6.79. The molecule has 0 amide bonds. The molecule has 14 heavy (non-hydrogen) atoms. The lowest BCUT2D eigenvalue weighted by atomic mass is 10.2. The van der Waals surface area contributed by atoms with Crippen LogP contribution in [-0.4, -0.2) is 26.4 Å². The van der Waals surface area contributed by atoms with Gasteiger partial charge in [-0.15, -0.1) is 0 Å². The van der Waals surface area contributed by atoms with Crippen LogP contribution >= 0.6 is 0 Å². The molecule has 76 valence electrons. The summed E-state index contributed by atoms with van der Waals surface area (Å²) in [4.78, 5) is 0. The van der Waals surface area contributed by atoms with Crippen molar-refractivity contribution >= 4 is 5.69 Å². The lowest BCUT2D eigenvalue weighted by Crippen LogP contribution is -2.38. The van der Waals surface area contributed by atoms with Crippen molar-refractivity contribution in [2.75, 3.05) is 25.6 Å². The fourth-order valence-corrected chi connectivity index (χ4v) is 1.26. The Kier molecular flexibility index (Phi) is 2.54. The molecule has 1 fully saturated rings. The quantitative estimate of drug-likeness (QED) is 0.799. The molecule has 0 bridgehead atoms. The molecule has 2 rings (SSSR count). The van der Waals surface area contributed by atoms with Crippen LogP contribution in [0.25, 0.3) is 0 Å². The second kappa shape index (κ2) is 3.84. The largest absolute Gasteiger partial charge is 0.483 e. The molecule has 0 atom stereocenters. The summed E-state index contributed by atoms with van der Waals surface area (Å²) in [6.07, 6.45) is 0.104. The van der Waals surface area contributed by atoms with Crippen molar-refractivity contribution in [3.8, 4) is 5.75 Å². The van der Waals surface area contributed by atoms with E-state index in [2.05, 4.69) is 5.32 Å². The van der Waals surface area contributed by atoms with Crippen LogP contribution in [0.2, 0.25) is 0 Å². The molecule has 1 aliphatic rings. The minimum absolute atomic E-state index is 0.104. The zero-order valence-corrected chi connectivity index (χ0v) is 7.92. The van der Waals surface area contributed by atoms with E-state index in [1.54, 1.807) is 13.1 Å². The average Bonchev–Trinajstić information content (AvgIpc) is 2.13. The number of hydrogen-bond acceptors (Lipinski definition) is 3. The summed E-state index contributed by atoms with van der Waals surface area (Å²) >= 11 is 0. The Hall–Kier alpha value is -1.29. The van der Waals surface area contributed by atoms with Gasteiger partial charge in [0, 0.05) is 13.1 Å². The molecule has 4 heteroatoms. The lowest BCUT2D eigenvalue weighted by molar-refractivity contribution is -0.0794. The zero-order chi connectivity index (χ0) is 9.97. The van der Waals surface area contributed by atoms with E-state index in [4.69, 9.17) is 9.47 Å². The van der Waals surface area contributed by atoms with Crippen LogP contribution in [0.15, 0.2) is 18.2 Å². The molecule has 1 aromatic rings. The Morgan fingerprint density at radius 3 is 2.86 bits per heavy atom. The molecule has 1 aliphatic heterocycles. The van der Waals surface area contributed by atoms with Gasteiger partial charge >= 0.3 is 0 Å². The van der Waals surface area contributed by atoms with Gasteiger partial charge in [0.25, 0.3) is 0 Å². The van der Waals surface area contributed by atoms with Crippen LogP contribution in [0.1, 0.15) is 0 Å². The van der Waals surface area contributed by atoms with Crippen molar-refractivity contribution in [1.29, 1.82) is 0 Å². The van der Waals surface area contributed by atoms with Crippen LogP contribution in [-0.2, 0) is 4.74 Å². The third-order valence-electron chi connectivity index (χ3n) is 2.11. The third-order valence-corrected chi connectivity index (χ3v) is 2.11. The van der Waals surface area contributed by atoms with Crippen molar-refractivity contribution in [2.24, 2.45) is 0 Å². The standard InChI is InChI=1S/C10H12FNO2/c1-12-9-4-7(11)2-3-10(9)14-8-5-13-6-8/h2-4,8,12H,5-6H2,1H3. The minimum Gasteiger partial charge on any atom is -0.483 e. The van der Waals surface area contributed by atoms with E-state index >= 15 is 0 Å². The molecule has 1 N–H and O–H groups in total.